The molecule has 2 fully saturated rings. The molecule has 4 rings (SSSR count). The summed E-state index contributed by atoms with van der Waals surface area (Å²) in [5.41, 5.74) is 0.476. The molecule has 1 aromatic heterocycles. The minimum atomic E-state index is -0.618. The fourth-order valence-corrected chi connectivity index (χ4v) is 4.66. The Morgan fingerprint density at radius 1 is 1.25 bits per heavy atom. The number of carbonyl (C=O) groups excluding carboxylic acids is 3. The number of benzene rings is 1. The summed E-state index contributed by atoms with van der Waals surface area (Å²) in [6.45, 7) is 2.13. The number of rotatable bonds is 5. The molecule has 1 aromatic carbocycles. The lowest BCUT2D eigenvalue weighted by molar-refractivity contribution is -0.125. The predicted octanol–water partition coefficient (Wildman–Crippen LogP) is 3.19. The number of nitrogens with one attached hydrogen (secondary N) is 2. The maximum absolute atomic E-state index is 14.6. The zero-order valence-corrected chi connectivity index (χ0v) is 18.7. The van der Waals surface area contributed by atoms with Crippen LogP contribution in [0.25, 0.3) is 0 Å². The summed E-state index contributed by atoms with van der Waals surface area (Å²) in [6, 6.07) is 7.22. The van der Waals surface area contributed by atoms with Crippen LogP contribution in [0.1, 0.15) is 16.1 Å². The number of morpholine rings is 1. The Morgan fingerprint density at radius 3 is 2.81 bits per heavy atom. The molecule has 32 heavy (non-hydrogen) atoms. The highest BCUT2D eigenvalue weighted by atomic mass is 35.5. The molecule has 0 unspecified atom stereocenters. The lowest BCUT2D eigenvalue weighted by Gasteiger charge is -2.27. The van der Waals surface area contributed by atoms with Crippen molar-refractivity contribution in [3.8, 4) is 0 Å². The minimum absolute atomic E-state index is 0.0300. The van der Waals surface area contributed by atoms with Gasteiger partial charge in [-0.05, 0) is 42.7 Å². The van der Waals surface area contributed by atoms with Crippen LogP contribution in [0, 0.1) is 11.7 Å². The van der Waals surface area contributed by atoms with Crippen molar-refractivity contribution < 1.29 is 23.5 Å². The van der Waals surface area contributed by atoms with E-state index in [1.807, 2.05) is 0 Å². The van der Waals surface area contributed by atoms with Crippen molar-refractivity contribution in [1.82, 2.24) is 10.2 Å². The summed E-state index contributed by atoms with van der Waals surface area (Å²) in [6.07, 6.45) is 0.736. The van der Waals surface area contributed by atoms with Crippen LogP contribution < -0.4 is 15.5 Å². The normalized spacial score (nSPS) is 18.7. The number of urea groups is 1. The van der Waals surface area contributed by atoms with Gasteiger partial charge in [0.05, 0.1) is 21.5 Å². The first-order chi connectivity index (χ1) is 15.4. The van der Waals surface area contributed by atoms with Crippen LogP contribution in [0.2, 0.25) is 4.34 Å². The fourth-order valence-electron chi connectivity index (χ4n) is 3.70. The number of likely N-dealkylation sites (tertiary alicyclic amines) is 1. The zero-order chi connectivity index (χ0) is 22.7. The van der Waals surface area contributed by atoms with Crippen LogP contribution >= 0.6 is 22.9 Å². The standard InChI is InChI=1S/C21H22ClFN4O4S/c22-18-4-3-17(32-18)20(29)24-10-13-5-6-26(11-13)21(30)25-16-2-1-14(9-15(16)23)27-7-8-31-12-19(27)28/h1-4,9,13H,5-8,10-12H2,(H,24,29)(H,25,30)/t13-/m1/s1. The first kappa shape index (κ1) is 22.5. The Labute approximate surface area is 193 Å². The maximum atomic E-state index is 14.6. The molecule has 0 saturated carbocycles. The SMILES string of the molecule is O=C(NC[C@H]1CCN(C(=O)Nc2ccc(N3CCOCC3=O)cc2F)C1)c1ccc(Cl)s1. The number of amides is 4. The van der Waals surface area contributed by atoms with E-state index in [1.54, 1.807) is 23.1 Å². The predicted molar refractivity (Wildman–Crippen MR) is 120 cm³/mol. The van der Waals surface area contributed by atoms with Crippen LogP contribution in [-0.4, -0.2) is 62.1 Å². The number of thiophene rings is 1. The number of ether oxygens (including phenoxy) is 1. The third-order valence-corrected chi connectivity index (χ3v) is 6.64. The molecule has 2 aliphatic rings. The molecule has 2 aromatic rings. The van der Waals surface area contributed by atoms with E-state index in [-0.39, 0.29) is 30.0 Å². The van der Waals surface area contributed by atoms with Gasteiger partial charge in [0.1, 0.15) is 12.4 Å². The second kappa shape index (κ2) is 9.85. The second-order valence-electron chi connectivity index (χ2n) is 7.61. The Morgan fingerprint density at radius 2 is 2.09 bits per heavy atom. The molecule has 170 valence electrons. The molecule has 11 heteroatoms. The quantitative estimate of drug-likeness (QED) is 0.687. The molecule has 1 atom stereocenters. The molecule has 0 bridgehead atoms. The van der Waals surface area contributed by atoms with Crippen molar-refractivity contribution >= 4 is 52.2 Å². The third kappa shape index (κ3) is 5.20. The van der Waals surface area contributed by atoms with Gasteiger partial charge in [-0.15, -0.1) is 11.3 Å². The summed E-state index contributed by atoms with van der Waals surface area (Å²) in [5, 5.41) is 5.46. The third-order valence-electron chi connectivity index (χ3n) is 5.41. The van der Waals surface area contributed by atoms with Gasteiger partial charge in [0, 0.05) is 31.9 Å². The highest BCUT2D eigenvalue weighted by molar-refractivity contribution is 7.18. The molecular formula is C21H22ClFN4O4S. The largest absolute Gasteiger partial charge is 0.370 e. The van der Waals surface area contributed by atoms with E-state index in [1.165, 1.54) is 28.4 Å². The fraction of sp³-hybridized carbons (Fsp3) is 0.381. The van der Waals surface area contributed by atoms with Crippen molar-refractivity contribution in [2.45, 2.75) is 6.42 Å². The molecular weight excluding hydrogens is 459 g/mol. The molecule has 0 radical (unpaired) electrons. The van der Waals surface area contributed by atoms with Gasteiger partial charge in [-0.1, -0.05) is 11.6 Å². The molecule has 0 spiro atoms. The summed E-state index contributed by atoms with van der Waals surface area (Å²) in [7, 11) is 0. The average molecular weight is 481 g/mol. The number of anilines is 2. The van der Waals surface area contributed by atoms with Gasteiger partial charge in [-0.2, -0.15) is 0 Å². The minimum Gasteiger partial charge on any atom is -0.370 e. The smallest absolute Gasteiger partial charge is 0.321 e. The molecule has 2 aliphatic heterocycles. The van der Waals surface area contributed by atoms with Crippen LogP contribution in [0.3, 0.4) is 0 Å². The summed E-state index contributed by atoms with van der Waals surface area (Å²) >= 11 is 7.07. The van der Waals surface area contributed by atoms with E-state index >= 15 is 0 Å². The molecule has 8 nitrogen and oxygen atoms in total. The number of halogens is 2. The van der Waals surface area contributed by atoms with Crippen LogP contribution in [0.15, 0.2) is 30.3 Å². The van der Waals surface area contributed by atoms with E-state index in [4.69, 9.17) is 16.3 Å². The van der Waals surface area contributed by atoms with Gasteiger partial charge in [0.25, 0.3) is 11.8 Å². The zero-order valence-electron chi connectivity index (χ0n) is 17.1. The Bertz CT molecular complexity index is 1030. The van der Waals surface area contributed by atoms with Gasteiger partial charge in [0.2, 0.25) is 0 Å². The molecule has 0 aliphatic carbocycles. The van der Waals surface area contributed by atoms with Crippen LogP contribution in [-0.2, 0) is 9.53 Å². The van der Waals surface area contributed by atoms with Crippen molar-refractivity contribution in [2.24, 2.45) is 5.92 Å². The Hall–Kier alpha value is -2.69. The van der Waals surface area contributed by atoms with E-state index < -0.39 is 11.8 Å². The van der Waals surface area contributed by atoms with Gasteiger partial charge >= 0.3 is 6.03 Å². The Kier molecular flexibility index (Phi) is 6.92. The highest BCUT2D eigenvalue weighted by Gasteiger charge is 2.27. The van der Waals surface area contributed by atoms with E-state index in [2.05, 4.69) is 10.6 Å². The van der Waals surface area contributed by atoms with Crippen molar-refractivity contribution in [3.05, 3.63) is 45.4 Å². The topological polar surface area (TPSA) is 91.0 Å². The summed E-state index contributed by atoms with van der Waals surface area (Å²) in [4.78, 5) is 40.2. The molecule has 3 heterocycles. The first-order valence-electron chi connectivity index (χ1n) is 10.2. The average Bonchev–Trinajstić information content (AvgIpc) is 3.43. The number of hydrogen-bond donors (Lipinski definition) is 2. The van der Waals surface area contributed by atoms with E-state index in [0.717, 1.165) is 6.42 Å². The van der Waals surface area contributed by atoms with Crippen molar-refractivity contribution in [2.75, 3.05) is 49.6 Å². The number of hydrogen-bond acceptors (Lipinski definition) is 5. The van der Waals surface area contributed by atoms with Gasteiger partial charge in [-0.25, -0.2) is 9.18 Å². The number of nitrogens with zero attached hydrogens (tertiary/aromatic N) is 2. The number of carbonyl (C=O) groups is 3. The van der Waals surface area contributed by atoms with Gasteiger partial charge < -0.3 is 25.2 Å². The lowest BCUT2D eigenvalue weighted by Crippen LogP contribution is -2.41. The Balaban J connectivity index is 1.28. The second-order valence-corrected chi connectivity index (χ2v) is 9.32. The van der Waals surface area contributed by atoms with E-state index in [0.29, 0.717) is 47.7 Å². The first-order valence-corrected chi connectivity index (χ1v) is 11.4. The van der Waals surface area contributed by atoms with Crippen LogP contribution in [0.5, 0.6) is 0 Å². The molecule has 2 saturated heterocycles. The van der Waals surface area contributed by atoms with E-state index in [9.17, 15) is 18.8 Å². The monoisotopic (exact) mass is 480 g/mol. The van der Waals surface area contributed by atoms with Gasteiger partial charge in [0.15, 0.2) is 0 Å². The summed E-state index contributed by atoms with van der Waals surface area (Å²) in [5.74, 6) is -0.928. The highest BCUT2D eigenvalue weighted by Crippen LogP contribution is 2.25. The molecule has 2 N–H and O–H groups in total. The van der Waals surface area contributed by atoms with Crippen molar-refractivity contribution in [3.63, 3.8) is 0 Å². The van der Waals surface area contributed by atoms with Gasteiger partial charge in [-0.3, -0.25) is 9.59 Å². The summed E-state index contributed by atoms with van der Waals surface area (Å²) < 4.78 is 20.2. The van der Waals surface area contributed by atoms with Crippen molar-refractivity contribution in [1.29, 1.82) is 0 Å². The van der Waals surface area contributed by atoms with Crippen LogP contribution in [0.4, 0.5) is 20.6 Å². The maximum Gasteiger partial charge on any atom is 0.321 e. The molecule has 4 amide bonds. The lowest BCUT2D eigenvalue weighted by atomic mass is 10.1.